The van der Waals surface area contributed by atoms with Crippen LogP contribution >= 0.6 is 0 Å². The van der Waals surface area contributed by atoms with E-state index in [1.54, 1.807) is 0 Å². The molecule has 2 aromatic rings. The highest BCUT2D eigenvalue weighted by molar-refractivity contribution is 5.38. The maximum atomic E-state index is 2.28. The van der Waals surface area contributed by atoms with Crippen LogP contribution in [0.3, 0.4) is 0 Å². The van der Waals surface area contributed by atoms with Crippen molar-refractivity contribution in [3.8, 4) is 0 Å². The third-order valence-corrected chi connectivity index (χ3v) is 3.86. The van der Waals surface area contributed by atoms with Gasteiger partial charge in [-0.3, -0.25) is 0 Å². The smallest absolute Gasteiger partial charge is 0.0197 e. The van der Waals surface area contributed by atoms with E-state index in [1.165, 1.54) is 11.1 Å². The van der Waals surface area contributed by atoms with Gasteiger partial charge in [0.1, 0.15) is 0 Å². The maximum Gasteiger partial charge on any atom is 0.0197 e. The summed E-state index contributed by atoms with van der Waals surface area (Å²) in [4.78, 5) is 0. The summed E-state index contributed by atoms with van der Waals surface area (Å²) in [6, 6.07) is 21.7. The van der Waals surface area contributed by atoms with E-state index in [-0.39, 0.29) is 12.8 Å². The highest BCUT2D eigenvalue weighted by atomic mass is 14.3. The second-order valence-corrected chi connectivity index (χ2v) is 4.52. The van der Waals surface area contributed by atoms with Crippen LogP contribution in [0.1, 0.15) is 45.2 Å². The lowest BCUT2D eigenvalue weighted by Gasteiger charge is -2.33. The van der Waals surface area contributed by atoms with E-state index in [2.05, 4.69) is 74.5 Å². The minimum Gasteiger partial charge on any atom is -0.0776 e. The van der Waals surface area contributed by atoms with E-state index in [0.717, 1.165) is 12.8 Å². The van der Waals surface area contributed by atoms with Crippen molar-refractivity contribution in [1.29, 1.82) is 0 Å². The first-order chi connectivity index (χ1) is 8.33. The van der Waals surface area contributed by atoms with E-state index < -0.39 is 0 Å². The van der Waals surface area contributed by atoms with Gasteiger partial charge in [0.05, 0.1) is 0 Å². The standard InChI is InChI=1S/C17H20.CH4/c1-3-17(4-2,15-11-7-5-8-12-15)16-13-9-6-10-14-16;/h5-14H,3-4H2,1-2H3;1H4. The van der Waals surface area contributed by atoms with Crippen LogP contribution in [0.4, 0.5) is 0 Å². The van der Waals surface area contributed by atoms with Crippen LogP contribution in [0.2, 0.25) is 0 Å². The molecule has 0 nitrogen and oxygen atoms in total. The number of benzene rings is 2. The van der Waals surface area contributed by atoms with Crippen molar-refractivity contribution in [2.75, 3.05) is 0 Å². The van der Waals surface area contributed by atoms with Crippen LogP contribution in [0, 0.1) is 0 Å². The third kappa shape index (κ3) is 2.48. The molecule has 0 aromatic heterocycles. The zero-order valence-corrected chi connectivity index (χ0v) is 10.7. The van der Waals surface area contributed by atoms with E-state index in [4.69, 9.17) is 0 Å². The SMILES string of the molecule is C.CCC(CC)(c1ccccc1)c1ccccc1. The molecule has 0 bridgehead atoms. The second kappa shape index (κ2) is 6.39. The maximum absolute atomic E-state index is 2.28. The summed E-state index contributed by atoms with van der Waals surface area (Å²) in [5.41, 5.74) is 3.02. The van der Waals surface area contributed by atoms with E-state index in [1.807, 2.05) is 0 Å². The molecule has 96 valence electrons. The van der Waals surface area contributed by atoms with Crippen LogP contribution in [0.25, 0.3) is 0 Å². The summed E-state index contributed by atoms with van der Waals surface area (Å²) in [5, 5.41) is 0. The average Bonchev–Trinajstić information content (AvgIpc) is 2.43. The Labute approximate surface area is 112 Å². The molecule has 0 fully saturated rings. The van der Waals surface area contributed by atoms with Gasteiger partial charge in [0.15, 0.2) is 0 Å². The molecule has 0 aliphatic rings. The summed E-state index contributed by atoms with van der Waals surface area (Å²) in [6.45, 7) is 4.56. The van der Waals surface area contributed by atoms with Crippen LogP contribution in [0.5, 0.6) is 0 Å². The van der Waals surface area contributed by atoms with Crippen LogP contribution in [0.15, 0.2) is 60.7 Å². The minimum absolute atomic E-state index is 0. The lowest BCUT2D eigenvalue weighted by atomic mass is 9.71. The number of hydrogen-bond donors (Lipinski definition) is 0. The van der Waals surface area contributed by atoms with Gasteiger partial charge in [-0.15, -0.1) is 0 Å². The van der Waals surface area contributed by atoms with Crippen molar-refractivity contribution < 1.29 is 0 Å². The average molecular weight is 240 g/mol. The third-order valence-electron chi connectivity index (χ3n) is 3.86. The van der Waals surface area contributed by atoms with Crippen molar-refractivity contribution in [3.63, 3.8) is 0 Å². The Kier molecular flexibility index (Phi) is 5.15. The van der Waals surface area contributed by atoms with Gasteiger partial charge < -0.3 is 0 Å². The predicted molar refractivity (Wildman–Crippen MR) is 81.0 cm³/mol. The lowest BCUT2D eigenvalue weighted by Crippen LogP contribution is -2.25. The van der Waals surface area contributed by atoms with Gasteiger partial charge in [-0.1, -0.05) is 81.9 Å². The van der Waals surface area contributed by atoms with Gasteiger partial charge in [0.2, 0.25) is 0 Å². The Hall–Kier alpha value is -1.56. The normalized spacial score (nSPS) is 10.8. The minimum atomic E-state index is 0. The summed E-state index contributed by atoms with van der Waals surface area (Å²) in [7, 11) is 0. The van der Waals surface area contributed by atoms with Gasteiger partial charge in [-0.05, 0) is 24.0 Å². The Morgan fingerprint density at radius 2 is 1.00 bits per heavy atom. The highest BCUT2D eigenvalue weighted by Gasteiger charge is 2.29. The molecular formula is C18H24. The van der Waals surface area contributed by atoms with Crippen LogP contribution in [-0.2, 0) is 5.41 Å². The quantitative estimate of drug-likeness (QED) is 0.668. The molecule has 2 rings (SSSR count). The molecule has 0 spiro atoms. The molecule has 0 saturated heterocycles. The molecule has 18 heavy (non-hydrogen) atoms. The topological polar surface area (TPSA) is 0 Å². The Morgan fingerprint density at radius 1 is 0.667 bits per heavy atom. The molecular weight excluding hydrogens is 216 g/mol. The molecule has 0 atom stereocenters. The van der Waals surface area contributed by atoms with E-state index in [9.17, 15) is 0 Å². The summed E-state index contributed by atoms with van der Waals surface area (Å²) in [6.07, 6.45) is 2.27. The fraction of sp³-hybridized carbons (Fsp3) is 0.333. The second-order valence-electron chi connectivity index (χ2n) is 4.52. The van der Waals surface area contributed by atoms with Gasteiger partial charge in [0.25, 0.3) is 0 Å². The molecule has 2 aromatic carbocycles. The van der Waals surface area contributed by atoms with Gasteiger partial charge in [-0.25, -0.2) is 0 Å². The monoisotopic (exact) mass is 240 g/mol. The first-order valence-electron chi connectivity index (χ1n) is 6.44. The predicted octanol–water partition coefficient (Wildman–Crippen LogP) is 5.43. The first kappa shape index (κ1) is 14.5. The fourth-order valence-corrected chi connectivity index (χ4v) is 2.75. The number of hydrogen-bond acceptors (Lipinski definition) is 0. The summed E-state index contributed by atoms with van der Waals surface area (Å²) >= 11 is 0. The molecule has 0 radical (unpaired) electrons. The zero-order valence-electron chi connectivity index (χ0n) is 10.7. The summed E-state index contributed by atoms with van der Waals surface area (Å²) < 4.78 is 0. The number of rotatable bonds is 4. The molecule has 0 heteroatoms. The van der Waals surface area contributed by atoms with Crippen molar-refractivity contribution >= 4 is 0 Å². The van der Waals surface area contributed by atoms with Crippen molar-refractivity contribution in [3.05, 3.63) is 71.8 Å². The van der Waals surface area contributed by atoms with E-state index in [0.29, 0.717) is 0 Å². The molecule has 0 unspecified atom stereocenters. The molecule has 0 N–H and O–H groups in total. The Morgan fingerprint density at radius 3 is 1.28 bits per heavy atom. The van der Waals surface area contributed by atoms with Crippen LogP contribution < -0.4 is 0 Å². The summed E-state index contributed by atoms with van der Waals surface area (Å²) in [5.74, 6) is 0. The molecule has 0 aliphatic heterocycles. The molecule has 0 heterocycles. The van der Waals surface area contributed by atoms with Gasteiger partial charge >= 0.3 is 0 Å². The van der Waals surface area contributed by atoms with Crippen molar-refractivity contribution in [2.24, 2.45) is 0 Å². The Balaban J connectivity index is 0.00000162. The van der Waals surface area contributed by atoms with E-state index >= 15 is 0 Å². The van der Waals surface area contributed by atoms with Crippen molar-refractivity contribution in [1.82, 2.24) is 0 Å². The molecule has 0 amide bonds. The lowest BCUT2D eigenvalue weighted by molar-refractivity contribution is 0.478. The van der Waals surface area contributed by atoms with Crippen LogP contribution in [-0.4, -0.2) is 0 Å². The molecule has 0 aliphatic carbocycles. The zero-order chi connectivity index (χ0) is 12.1. The van der Waals surface area contributed by atoms with Gasteiger partial charge in [-0.2, -0.15) is 0 Å². The van der Waals surface area contributed by atoms with Gasteiger partial charge in [0, 0.05) is 5.41 Å². The first-order valence-corrected chi connectivity index (χ1v) is 6.44. The van der Waals surface area contributed by atoms with Crippen molar-refractivity contribution in [2.45, 2.75) is 39.5 Å². The fourth-order valence-electron chi connectivity index (χ4n) is 2.75. The Bertz CT molecular complexity index is 396. The highest BCUT2D eigenvalue weighted by Crippen LogP contribution is 2.38. The largest absolute Gasteiger partial charge is 0.0776 e. The molecule has 0 saturated carbocycles.